The highest BCUT2D eigenvalue weighted by Crippen LogP contribution is 2.21. The molecule has 2 aliphatic rings. The van der Waals surface area contributed by atoms with Crippen LogP contribution in [-0.2, 0) is 9.47 Å². The first-order valence-corrected chi connectivity index (χ1v) is 7.73. The molecule has 2 aliphatic heterocycles. The van der Waals surface area contributed by atoms with E-state index in [1.807, 2.05) is 0 Å². The molecule has 0 bridgehead atoms. The van der Waals surface area contributed by atoms with E-state index in [1.165, 1.54) is 6.42 Å². The van der Waals surface area contributed by atoms with Crippen molar-refractivity contribution >= 4 is 0 Å². The summed E-state index contributed by atoms with van der Waals surface area (Å²) in [6.07, 6.45) is 3.42. The Balaban J connectivity index is 1.59. The molecule has 4 heteroatoms. The van der Waals surface area contributed by atoms with Crippen LogP contribution in [0.1, 0.15) is 33.1 Å². The number of β-amino-alcohol motifs (C(OH)–C–C–N with tert-alkyl or cyclic N) is 1. The Morgan fingerprint density at radius 1 is 1.32 bits per heavy atom. The normalized spacial score (nSPS) is 34.6. The molecule has 2 heterocycles. The lowest BCUT2D eigenvalue weighted by Gasteiger charge is -2.36. The summed E-state index contributed by atoms with van der Waals surface area (Å²) >= 11 is 0. The van der Waals surface area contributed by atoms with Crippen molar-refractivity contribution in [1.29, 1.82) is 0 Å². The van der Waals surface area contributed by atoms with E-state index in [-0.39, 0.29) is 12.2 Å². The third kappa shape index (κ3) is 5.38. The van der Waals surface area contributed by atoms with Gasteiger partial charge >= 0.3 is 0 Å². The van der Waals surface area contributed by atoms with Crippen LogP contribution in [0.3, 0.4) is 0 Å². The topological polar surface area (TPSA) is 41.9 Å². The van der Waals surface area contributed by atoms with Crippen molar-refractivity contribution in [2.45, 2.75) is 45.3 Å². The number of hydrogen-bond acceptors (Lipinski definition) is 4. The van der Waals surface area contributed by atoms with Crippen LogP contribution in [-0.4, -0.2) is 61.7 Å². The Bertz CT molecular complexity index is 246. The molecule has 4 atom stereocenters. The van der Waals surface area contributed by atoms with Gasteiger partial charge in [-0.2, -0.15) is 0 Å². The molecule has 112 valence electrons. The van der Waals surface area contributed by atoms with Crippen molar-refractivity contribution in [2.75, 3.05) is 39.5 Å². The van der Waals surface area contributed by atoms with E-state index in [9.17, 15) is 5.11 Å². The zero-order chi connectivity index (χ0) is 13.7. The molecular formula is C15H29NO3. The molecule has 19 heavy (non-hydrogen) atoms. The molecule has 4 nitrogen and oxygen atoms in total. The molecule has 0 aromatic heterocycles. The predicted molar refractivity (Wildman–Crippen MR) is 75.2 cm³/mol. The number of hydrogen-bond donors (Lipinski definition) is 1. The first kappa shape index (κ1) is 15.2. The quantitative estimate of drug-likeness (QED) is 0.795. The fourth-order valence-electron chi connectivity index (χ4n) is 3.40. The van der Waals surface area contributed by atoms with Crippen LogP contribution in [0.15, 0.2) is 0 Å². The van der Waals surface area contributed by atoms with Crippen LogP contribution >= 0.6 is 0 Å². The van der Waals surface area contributed by atoms with E-state index in [2.05, 4.69) is 18.7 Å². The van der Waals surface area contributed by atoms with Crippen molar-refractivity contribution in [2.24, 2.45) is 11.8 Å². The van der Waals surface area contributed by atoms with Gasteiger partial charge in [-0.25, -0.2) is 0 Å². The highest BCUT2D eigenvalue weighted by atomic mass is 16.5. The molecular weight excluding hydrogens is 242 g/mol. The van der Waals surface area contributed by atoms with Gasteiger partial charge in [0.25, 0.3) is 0 Å². The zero-order valence-electron chi connectivity index (χ0n) is 12.4. The van der Waals surface area contributed by atoms with Crippen LogP contribution < -0.4 is 0 Å². The Labute approximate surface area is 117 Å². The average molecular weight is 271 g/mol. The van der Waals surface area contributed by atoms with Gasteiger partial charge in [0, 0.05) is 26.2 Å². The minimum atomic E-state index is -0.376. The number of nitrogens with zero attached hydrogens (tertiary/aromatic N) is 1. The standard InChI is InChI=1S/C15H29NO3/c1-12-6-13(2)8-16(7-12)9-14(17)10-18-11-15-4-3-5-19-15/h12-15,17H,3-11H2,1-2H3. The van der Waals surface area contributed by atoms with Crippen molar-refractivity contribution in [3.05, 3.63) is 0 Å². The second-order valence-electron chi connectivity index (χ2n) is 6.49. The predicted octanol–water partition coefficient (Wildman–Crippen LogP) is 1.52. The maximum absolute atomic E-state index is 10.0. The lowest BCUT2D eigenvalue weighted by Crippen LogP contribution is -2.43. The lowest BCUT2D eigenvalue weighted by molar-refractivity contribution is -0.0297. The van der Waals surface area contributed by atoms with E-state index in [0.717, 1.165) is 50.9 Å². The highest BCUT2D eigenvalue weighted by molar-refractivity contribution is 4.76. The van der Waals surface area contributed by atoms with Gasteiger partial charge in [-0.05, 0) is 31.1 Å². The van der Waals surface area contributed by atoms with Gasteiger partial charge in [-0.3, -0.25) is 0 Å². The SMILES string of the molecule is CC1CC(C)CN(CC(O)COCC2CCCO2)C1. The molecule has 2 saturated heterocycles. The van der Waals surface area contributed by atoms with Crippen LogP contribution in [0, 0.1) is 11.8 Å². The second kappa shape index (κ2) is 7.58. The number of piperidine rings is 1. The second-order valence-corrected chi connectivity index (χ2v) is 6.49. The smallest absolute Gasteiger partial charge is 0.0900 e. The van der Waals surface area contributed by atoms with Crippen LogP contribution in [0.4, 0.5) is 0 Å². The molecule has 1 N–H and O–H groups in total. The van der Waals surface area contributed by atoms with Crippen molar-refractivity contribution < 1.29 is 14.6 Å². The maximum atomic E-state index is 10.0. The Morgan fingerprint density at radius 2 is 2.05 bits per heavy atom. The molecule has 0 radical (unpaired) electrons. The van der Waals surface area contributed by atoms with Crippen LogP contribution in [0.5, 0.6) is 0 Å². The van der Waals surface area contributed by atoms with Crippen LogP contribution in [0.25, 0.3) is 0 Å². The fraction of sp³-hybridized carbons (Fsp3) is 1.00. The first-order valence-electron chi connectivity index (χ1n) is 7.73. The number of ether oxygens (including phenoxy) is 2. The summed E-state index contributed by atoms with van der Waals surface area (Å²) in [5.74, 6) is 1.48. The maximum Gasteiger partial charge on any atom is 0.0900 e. The molecule has 0 spiro atoms. The van der Waals surface area contributed by atoms with Gasteiger partial charge in [0.1, 0.15) is 0 Å². The van der Waals surface area contributed by atoms with Gasteiger partial charge in [0.2, 0.25) is 0 Å². The summed E-state index contributed by atoms with van der Waals surface area (Å²) in [5.41, 5.74) is 0. The molecule has 0 aromatic carbocycles. The van der Waals surface area contributed by atoms with E-state index in [1.54, 1.807) is 0 Å². The van der Waals surface area contributed by atoms with E-state index in [0.29, 0.717) is 13.2 Å². The van der Waals surface area contributed by atoms with Crippen LogP contribution in [0.2, 0.25) is 0 Å². The molecule has 4 unspecified atom stereocenters. The molecule has 2 rings (SSSR count). The van der Waals surface area contributed by atoms with Crippen molar-refractivity contribution in [3.63, 3.8) is 0 Å². The van der Waals surface area contributed by atoms with Gasteiger partial charge in [-0.1, -0.05) is 13.8 Å². The number of rotatable bonds is 6. The molecule has 0 amide bonds. The summed E-state index contributed by atoms with van der Waals surface area (Å²) in [4.78, 5) is 2.37. The lowest BCUT2D eigenvalue weighted by atomic mass is 9.92. The Hall–Kier alpha value is -0.160. The summed E-state index contributed by atoms with van der Waals surface area (Å²) < 4.78 is 11.1. The van der Waals surface area contributed by atoms with Crippen molar-refractivity contribution in [1.82, 2.24) is 4.90 Å². The molecule has 0 saturated carbocycles. The summed E-state index contributed by atoms with van der Waals surface area (Å²) in [6, 6.07) is 0. The van der Waals surface area contributed by atoms with Gasteiger partial charge in [0.15, 0.2) is 0 Å². The summed E-state index contributed by atoms with van der Waals surface area (Å²) in [5, 5.41) is 10.0. The number of aliphatic hydroxyl groups excluding tert-OH is 1. The molecule has 0 aliphatic carbocycles. The summed E-state index contributed by atoms with van der Waals surface area (Å²) in [7, 11) is 0. The zero-order valence-corrected chi connectivity index (χ0v) is 12.4. The summed E-state index contributed by atoms with van der Waals surface area (Å²) in [6.45, 7) is 9.45. The fourth-order valence-corrected chi connectivity index (χ4v) is 3.40. The minimum Gasteiger partial charge on any atom is -0.389 e. The largest absolute Gasteiger partial charge is 0.389 e. The average Bonchev–Trinajstić information content (AvgIpc) is 2.80. The van der Waals surface area contributed by atoms with E-state index >= 15 is 0 Å². The molecule has 2 fully saturated rings. The van der Waals surface area contributed by atoms with Gasteiger partial charge in [0.05, 0.1) is 25.4 Å². The third-order valence-electron chi connectivity index (χ3n) is 4.05. The Morgan fingerprint density at radius 3 is 2.68 bits per heavy atom. The third-order valence-corrected chi connectivity index (χ3v) is 4.05. The van der Waals surface area contributed by atoms with Crippen molar-refractivity contribution in [3.8, 4) is 0 Å². The number of aliphatic hydroxyl groups is 1. The first-order chi connectivity index (χ1) is 9.13. The van der Waals surface area contributed by atoms with E-state index < -0.39 is 0 Å². The van der Waals surface area contributed by atoms with Gasteiger partial charge < -0.3 is 19.5 Å². The number of likely N-dealkylation sites (tertiary alicyclic amines) is 1. The van der Waals surface area contributed by atoms with Gasteiger partial charge in [-0.15, -0.1) is 0 Å². The highest BCUT2D eigenvalue weighted by Gasteiger charge is 2.23. The van der Waals surface area contributed by atoms with E-state index in [4.69, 9.17) is 9.47 Å². The monoisotopic (exact) mass is 271 g/mol. The minimum absolute atomic E-state index is 0.252. The Kier molecular flexibility index (Phi) is 6.07. The molecule has 0 aromatic rings.